The van der Waals surface area contributed by atoms with Crippen LogP contribution in [0.4, 0.5) is 5.95 Å². The molecule has 0 aliphatic rings. The van der Waals surface area contributed by atoms with Crippen molar-refractivity contribution in [3.63, 3.8) is 0 Å². The molecule has 0 unspecified atom stereocenters. The minimum atomic E-state index is -0.314. The minimum absolute atomic E-state index is 0.0798. The summed E-state index contributed by atoms with van der Waals surface area (Å²) >= 11 is 0. The number of benzene rings is 3. The number of anilines is 1. The fourth-order valence-corrected chi connectivity index (χ4v) is 4.15. The third kappa shape index (κ3) is 6.48. The smallest absolute Gasteiger partial charge is 0.254 e. The number of carbonyl (C=O) groups is 2. The second kappa shape index (κ2) is 11.8. The maximum absolute atomic E-state index is 13.3. The number of imidazole rings is 1. The van der Waals surface area contributed by atoms with Gasteiger partial charge in [-0.25, -0.2) is 4.98 Å². The molecule has 3 aromatic carbocycles. The average Bonchev–Trinajstić information content (AvgIpc) is 3.32. The van der Waals surface area contributed by atoms with Crippen LogP contribution in [0, 0.1) is 19.8 Å². The molecule has 7 heteroatoms. The number of nitrogens with zero attached hydrogens (tertiary/aromatic N) is 3. The summed E-state index contributed by atoms with van der Waals surface area (Å²) in [4.78, 5) is 32.9. The number of nitrogens with one attached hydrogen (secondary N) is 1. The van der Waals surface area contributed by atoms with Crippen molar-refractivity contribution in [1.82, 2.24) is 14.5 Å². The first-order valence-corrected chi connectivity index (χ1v) is 12.7. The molecular formula is C31H34N4O3. The second-order valence-corrected chi connectivity index (χ2v) is 9.88. The van der Waals surface area contributed by atoms with E-state index < -0.39 is 0 Å². The molecule has 0 radical (unpaired) electrons. The maximum Gasteiger partial charge on any atom is 0.254 e. The fourth-order valence-electron chi connectivity index (χ4n) is 4.15. The molecule has 7 nitrogen and oxygen atoms in total. The molecule has 196 valence electrons. The molecule has 0 bridgehead atoms. The Balaban J connectivity index is 1.61. The Kier molecular flexibility index (Phi) is 8.26. The number of ether oxygens (including phenoxy) is 1. The van der Waals surface area contributed by atoms with Crippen molar-refractivity contribution in [2.24, 2.45) is 5.92 Å². The first kappa shape index (κ1) is 26.7. The number of hydrogen-bond donors (Lipinski definition) is 1. The van der Waals surface area contributed by atoms with Gasteiger partial charge in [-0.1, -0.05) is 49.2 Å². The quantitative estimate of drug-likeness (QED) is 0.304. The van der Waals surface area contributed by atoms with E-state index in [9.17, 15) is 9.59 Å². The van der Waals surface area contributed by atoms with Crippen molar-refractivity contribution in [2.75, 3.05) is 25.5 Å². The van der Waals surface area contributed by atoms with E-state index in [1.54, 1.807) is 24.1 Å². The van der Waals surface area contributed by atoms with E-state index in [2.05, 4.69) is 5.32 Å². The topological polar surface area (TPSA) is 76.5 Å². The lowest BCUT2D eigenvalue weighted by Gasteiger charge is -2.24. The zero-order chi connectivity index (χ0) is 27.2. The number of aryl methyl sites for hydroxylation is 2. The molecule has 2 amide bonds. The molecule has 0 aliphatic heterocycles. The SMILES string of the molecule is COc1ccc(-c2cn(-c3ccc(C)cc3)c(NC(=O)CN(CC(C)C)C(=O)c3ccc(C)cc3)n2)cc1. The molecule has 0 saturated carbocycles. The van der Waals surface area contributed by atoms with Crippen LogP contribution < -0.4 is 10.1 Å². The highest BCUT2D eigenvalue weighted by molar-refractivity contribution is 5.99. The van der Waals surface area contributed by atoms with Crippen molar-refractivity contribution in [3.8, 4) is 22.7 Å². The zero-order valence-electron chi connectivity index (χ0n) is 22.6. The molecule has 1 N–H and O–H groups in total. The summed E-state index contributed by atoms with van der Waals surface area (Å²) in [5, 5.41) is 2.95. The number of amides is 2. The van der Waals surface area contributed by atoms with Crippen LogP contribution in [0.2, 0.25) is 0 Å². The molecule has 1 heterocycles. The third-order valence-corrected chi connectivity index (χ3v) is 6.16. The predicted molar refractivity (Wildman–Crippen MR) is 151 cm³/mol. The lowest BCUT2D eigenvalue weighted by Crippen LogP contribution is -2.40. The molecular weight excluding hydrogens is 476 g/mol. The first-order valence-electron chi connectivity index (χ1n) is 12.7. The van der Waals surface area contributed by atoms with Crippen molar-refractivity contribution in [1.29, 1.82) is 0 Å². The van der Waals surface area contributed by atoms with Crippen molar-refractivity contribution < 1.29 is 14.3 Å². The van der Waals surface area contributed by atoms with Gasteiger partial charge in [-0.2, -0.15) is 0 Å². The highest BCUT2D eigenvalue weighted by Crippen LogP contribution is 2.26. The number of carbonyl (C=O) groups excluding carboxylic acids is 2. The highest BCUT2D eigenvalue weighted by atomic mass is 16.5. The lowest BCUT2D eigenvalue weighted by atomic mass is 10.1. The molecule has 0 spiro atoms. The monoisotopic (exact) mass is 510 g/mol. The van der Waals surface area contributed by atoms with Crippen LogP contribution in [-0.4, -0.2) is 46.5 Å². The van der Waals surface area contributed by atoms with Gasteiger partial charge in [-0.05, 0) is 68.3 Å². The summed E-state index contributed by atoms with van der Waals surface area (Å²) in [6, 6.07) is 23.0. The Hall–Kier alpha value is -4.39. The van der Waals surface area contributed by atoms with Crippen LogP contribution in [0.3, 0.4) is 0 Å². The Morgan fingerprint density at radius 1 is 0.921 bits per heavy atom. The number of rotatable bonds is 9. The summed E-state index contributed by atoms with van der Waals surface area (Å²) < 4.78 is 7.13. The van der Waals surface area contributed by atoms with Crippen LogP contribution in [0.5, 0.6) is 5.75 Å². The molecule has 0 saturated heterocycles. The number of aromatic nitrogens is 2. The van der Waals surface area contributed by atoms with Gasteiger partial charge in [0.2, 0.25) is 11.9 Å². The van der Waals surface area contributed by atoms with E-state index in [1.807, 2.05) is 99.1 Å². The summed E-state index contributed by atoms with van der Waals surface area (Å²) in [6.45, 7) is 8.44. The highest BCUT2D eigenvalue weighted by Gasteiger charge is 2.22. The minimum Gasteiger partial charge on any atom is -0.497 e. The second-order valence-electron chi connectivity index (χ2n) is 9.88. The first-order chi connectivity index (χ1) is 18.2. The average molecular weight is 511 g/mol. The van der Waals surface area contributed by atoms with Gasteiger partial charge in [0.15, 0.2) is 0 Å². The summed E-state index contributed by atoms with van der Waals surface area (Å²) in [5.41, 5.74) is 5.24. The summed E-state index contributed by atoms with van der Waals surface area (Å²) in [7, 11) is 1.63. The van der Waals surface area contributed by atoms with Gasteiger partial charge < -0.3 is 9.64 Å². The van der Waals surface area contributed by atoms with Crippen LogP contribution in [0.15, 0.2) is 79.0 Å². The van der Waals surface area contributed by atoms with E-state index >= 15 is 0 Å². The summed E-state index contributed by atoms with van der Waals surface area (Å²) in [5.74, 6) is 0.857. The molecule has 0 fully saturated rings. The van der Waals surface area contributed by atoms with Crippen LogP contribution in [-0.2, 0) is 4.79 Å². The molecule has 0 atom stereocenters. The van der Waals surface area contributed by atoms with Gasteiger partial charge in [-0.15, -0.1) is 0 Å². The Morgan fingerprint density at radius 3 is 2.11 bits per heavy atom. The molecule has 1 aromatic heterocycles. The third-order valence-electron chi connectivity index (χ3n) is 6.16. The molecule has 38 heavy (non-hydrogen) atoms. The predicted octanol–water partition coefficient (Wildman–Crippen LogP) is 5.90. The van der Waals surface area contributed by atoms with E-state index in [-0.39, 0.29) is 24.3 Å². The fraction of sp³-hybridized carbons (Fsp3) is 0.258. The Labute approximate surface area is 224 Å². The molecule has 0 aliphatic carbocycles. The largest absolute Gasteiger partial charge is 0.497 e. The zero-order valence-corrected chi connectivity index (χ0v) is 22.6. The van der Waals surface area contributed by atoms with Crippen molar-refractivity contribution >= 4 is 17.8 Å². The van der Waals surface area contributed by atoms with Gasteiger partial charge in [0.05, 0.1) is 12.8 Å². The molecule has 4 aromatic rings. The maximum atomic E-state index is 13.3. The van der Waals surface area contributed by atoms with Gasteiger partial charge >= 0.3 is 0 Å². The van der Waals surface area contributed by atoms with Crippen LogP contribution in [0.1, 0.15) is 35.3 Å². The van der Waals surface area contributed by atoms with E-state index in [0.29, 0.717) is 23.8 Å². The van der Waals surface area contributed by atoms with Crippen LogP contribution >= 0.6 is 0 Å². The normalized spacial score (nSPS) is 10.9. The molecule has 4 rings (SSSR count). The van der Waals surface area contributed by atoms with Gasteiger partial charge in [0, 0.05) is 29.6 Å². The van der Waals surface area contributed by atoms with Gasteiger partial charge in [0.25, 0.3) is 5.91 Å². The summed E-state index contributed by atoms with van der Waals surface area (Å²) in [6.07, 6.45) is 1.89. The standard InChI is InChI=1S/C31H34N4O3/c1-21(2)18-34(30(37)25-10-6-22(3)7-11-25)20-29(36)33-31-32-28(24-12-16-27(38-5)17-13-24)19-35(31)26-14-8-23(4)9-15-26/h6-17,19,21H,18,20H2,1-5H3,(H,32,33,36). The number of methoxy groups -OCH3 is 1. The van der Waals surface area contributed by atoms with E-state index in [1.165, 1.54) is 0 Å². The Morgan fingerprint density at radius 2 is 1.53 bits per heavy atom. The Bertz CT molecular complexity index is 1390. The van der Waals surface area contributed by atoms with Crippen LogP contribution in [0.25, 0.3) is 16.9 Å². The number of hydrogen-bond acceptors (Lipinski definition) is 4. The lowest BCUT2D eigenvalue weighted by molar-refractivity contribution is -0.117. The van der Waals surface area contributed by atoms with Crippen molar-refractivity contribution in [3.05, 3.63) is 95.7 Å². The van der Waals surface area contributed by atoms with Gasteiger partial charge in [-0.3, -0.25) is 19.5 Å². The van der Waals surface area contributed by atoms with E-state index in [4.69, 9.17) is 9.72 Å². The van der Waals surface area contributed by atoms with Gasteiger partial charge in [0.1, 0.15) is 12.3 Å². The van der Waals surface area contributed by atoms with E-state index in [0.717, 1.165) is 28.1 Å². The van der Waals surface area contributed by atoms with Crippen molar-refractivity contribution in [2.45, 2.75) is 27.7 Å².